The maximum Gasteiger partial charge on any atom is 0.250 e. The van der Waals surface area contributed by atoms with Crippen LogP contribution in [0.15, 0.2) is 132 Å². The SMILES string of the molecule is O=C(CSc1nnc(-c2ccncc2)n1-c1ccccc1)NN=Cc1cn(-c2ccccc2)nc1-c1ccccc1. The minimum absolute atomic E-state index is 0.105. The van der Waals surface area contributed by atoms with Crippen molar-refractivity contribution in [2.75, 3.05) is 5.75 Å². The van der Waals surface area contributed by atoms with E-state index in [-0.39, 0.29) is 11.7 Å². The summed E-state index contributed by atoms with van der Waals surface area (Å²) in [5.41, 5.74) is 7.83. The van der Waals surface area contributed by atoms with Crippen molar-refractivity contribution in [3.63, 3.8) is 0 Å². The van der Waals surface area contributed by atoms with E-state index >= 15 is 0 Å². The summed E-state index contributed by atoms with van der Waals surface area (Å²) in [5, 5.41) is 18.4. The highest BCUT2D eigenvalue weighted by atomic mass is 32.2. The van der Waals surface area contributed by atoms with Crippen molar-refractivity contribution in [1.82, 2.24) is 35.0 Å². The van der Waals surface area contributed by atoms with Crippen LogP contribution in [-0.4, -0.2) is 47.4 Å². The molecule has 3 heterocycles. The van der Waals surface area contributed by atoms with Crippen LogP contribution < -0.4 is 5.43 Å². The third-order valence-corrected chi connectivity index (χ3v) is 7.05. The molecule has 3 aromatic carbocycles. The fourth-order valence-corrected chi connectivity index (χ4v) is 4.96. The van der Waals surface area contributed by atoms with Crippen LogP contribution in [0.5, 0.6) is 0 Å². The Hall–Kier alpha value is -5.35. The Morgan fingerprint density at radius 1 is 0.805 bits per heavy atom. The summed E-state index contributed by atoms with van der Waals surface area (Å²) in [6.45, 7) is 0. The molecule has 1 amide bonds. The summed E-state index contributed by atoms with van der Waals surface area (Å²) < 4.78 is 3.73. The summed E-state index contributed by atoms with van der Waals surface area (Å²) in [4.78, 5) is 16.9. The molecule has 0 radical (unpaired) electrons. The molecule has 0 saturated heterocycles. The Bertz CT molecular complexity index is 1770. The summed E-state index contributed by atoms with van der Waals surface area (Å²) in [6, 6.07) is 33.3. The second-order valence-electron chi connectivity index (χ2n) is 8.87. The first-order chi connectivity index (χ1) is 20.3. The van der Waals surface area contributed by atoms with E-state index in [2.05, 4.69) is 25.7 Å². The number of nitrogens with one attached hydrogen (secondary N) is 1. The molecule has 0 saturated carbocycles. The molecule has 6 aromatic rings. The van der Waals surface area contributed by atoms with Gasteiger partial charge in [-0.25, -0.2) is 10.1 Å². The average Bonchev–Trinajstić information content (AvgIpc) is 3.67. The zero-order valence-electron chi connectivity index (χ0n) is 21.8. The van der Waals surface area contributed by atoms with Gasteiger partial charge in [-0.3, -0.25) is 14.3 Å². The number of hydrogen-bond acceptors (Lipinski definition) is 7. The van der Waals surface area contributed by atoms with Crippen LogP contribution in [0, 0.1) is 0 Å². The number of aromatic nitrogens is 6. The first-order valence-corrected chi connectivity index (χ1v) is 13.8. The molecule has 1 N–H and O–H groups in total. The fourth-order valence-electron chi connectivity index (χ4n) is 4.21. The number of hydrogen-bond donors (Lipinski definition) is 1. The monoisotopic (exact) mass is 556 g/mol. The lowest BCUT2D eigenvalue weighted by Crippen LogP contribution is -2.20. The van der Waals surface area contributed by atoms with Crippen molar-refractivity contribution in [3.8, 4) is 34.0 Å². The third kappa shape index (κ3) is 5.97. The van der Waals surface area contributed by atoms with Gasteiger partial charge < -0.3 is 0 Å². The maximum absolute atomic E-state index is 12.8. The molecule has 0 fully saturated rings. The predicted octanol–water partition coefficient (Wildman–Crippen LogP) is 5.42. The molecule has 0 unspecified atom stereocenters. The third-order valence-electron chi connectivity index (χ3n) is 6.12. The summed E-state index contributed by atoms with van der Waals surface area (Å²) >= 11 is 1.28. The number of thioether (sulfide) groups is 1. The van der Waals surface area contributed by atoms with Gasteiger partial charge in [-0.15, -0.1) is 10.2 Å². The minimum atomic E-state index is -0.268. The lowest BCUT2D eigenvalue weighted by molar-refractivity contribution is -0.118. The molecule has 0 spiro atoms. The second kappa shape index (κ2) is 12.2. The molecule has 200 valence electrons. The first kappa shape index (κ1) is 25.9. The van der Waals surface area contributed by atoms with E-state index < -0.39 is 0 Å². The minimum Gasteiger partial charge on any atom is -0.272 e. The fraction of sp³-hybridized carbons (Fsp3) is 0.0323. The number of carbonyl (C=O) groups is 1. The van der Waals surface area contributed by atoms with Crippen molar-refractivity contribution < 1.29 is 4.79 Å². The maximum atomic E-state index is 12.8. The summed E-state index contributed by atoms with van der Waals surface area (Å²) in [5.74, 6) is 0.507. The van der Waals surface area contributed by atoms with Crippen LogP contribution in [0.25, 0.3) is 34.0 Å². The second-order valence-corrected chi connectivity index (χ2v) is 9.82. The number of nitrogens with zero attached hydrogens (tertiary/aromatic N) is 7. The molecule has 41 heavy (non-hydrogen) atoms. The van der Waals surface area contributed by atoms with Gasteiger partial charge in [-0.1, -0.05) is 78.5 Å². The van der Waals surface area contributed by atoms with Gasteiger partial charge in [0.2, 0.25) is 0 Å². The highest BCUT2D eigenvalue weighted by Crippen LogP contribution is 2.27. The normalized spacial score (nSPS) is 11.1. The van der Waals surface area contributed by atoms with Crippen molar-refractivity contribution in [2.45, 2.75) is 5.16 Å². The molecule has 9 nitrogen and oxygen atoms in total. The van der Waals surface area contributed by atoms with Crippen molar-refractivity contribution in [2.24, 2.45) is 5.10 Å². The van der Waals surface area contributed by atoms with E-state index in [0.717, 1.165) is 33.8 Å². The Morgan fingerprint density at radius 3 is 2.17 bits per heavy atom. The smallest absolute Gasteiger partial charge is 0.250 e. The molecule has 10 heteroatoms. The Kier molecular flexibility index (Phi) is 7.72. The lowest BCUT2D eigenvalue weighted by Gasteiger charge is -2.10. The quantitative estimate of drug-likeness (QED) is 0.145. The zero-order chi connectivity index (χ0) is 27.9. The Labute approximate surface area is 240 Å². The topological polar surface area (TPSA) is 103 Å². The average molecular weight is 557 g/mol. The molecule has 0 aliphatic carbocycles. The molecule has 0 aliphatic heterocycles. The number of pyridine rings is 1. The molecule has 3 aromatic heterocycles. The van der Waals surface area contributed by atoms with Crippen LogP contribution in [0.1, 0.15) is 5.56 Å². The van der Waals surface area contributed by atoms with Gasteiger partial charge >= 0.3 is 0 Å². The number of amides is 1. The molecule has 0 aliphatic rings. The summed E-state index contributed by atoms with van der Waals surface area (Å²) in [7, 11) is 0. The lowest BCUT2D eigenvalue weighted by atomic mass is 10.1. The number of benzene rings is 3. The van der Waals surface area contributed by atoms with Crippen molar-refractivity contribution in [1.29, 1.82) is 0 Å². The van der Waals surface area contributed by atoms with Crippen LogP contribution in [0.2, 0.25) is 0 Å². The van der Waals surface area contributed by atoms with Crippen LogP contribution >= 0.6 is 11.8 Å². The van der Waals surface area contributed by atoms with Crippen LogP contribution in [0.3, 0.4) is 0 Å². The standard InChI is InChI=1S/C31H24N8OS/c40-28(22-41-31-36-35-30(24-16-18-32-19-17-24)39(31)27-14-8-3-9-15-27)34-33-20-25-21-38(26-12-6-2-7-13-26)37-29(25)23-10-4-1-5-11-23/h1-21H,22H2,(H,34,40). The van der Waals surface area contributed by atoms with Gasteiger partial charge in [0, 0.05) is 41.0 Å². The molecular weight excluding hydrogens is 532 g/mol. The highest BCUT2D eigenvalue weighted by Gasteiger charge is 2.17. The van der Waals surface area contributed by atoms with E-state index in [9.17, 15) is 4.79 Å². The number of carbonyl (C=O) groups excluding carboxylic acids is 1. The molecule has 0 atom stereocenters. The number of rotatable bonds is 9. The van der Waals surface area contributed by atoms with E-state index in [4.69, 9.17) is 5.10 Å². The van der Waals surface area contributed by atoms with Crippen LogP contribution in [0.4, 0.5) is 0 Å². The van der Waals surface area contributed by atoms with Crippen molar-refractivity contribution in [3.05, 3.63) is 127 Å². The van der Waals surface area contributed by atoms with Gasteiger partial charge in [-0.05, 0) is 36.4 Å². The zero-order valence-corrected chi connectivity index (χ0v) is 22.6. The van der Waals surface area contributed by atoms with Crippen molar-refractivity contribution >= 4 is 23.9 Å². The Morgan fingerprint density at radius 2 is 1.46 bits per heavy atom. The van der Waals surface area contributed by atoms with E-state index in [0.29, 0.717) is 11.0 Å². The van der Waals surface area contributed by atoms with E-state index in [1.807, 2.05) is 114 Å². The van der Waals surface area contributed by atoms with E-state index in [1.54, 1.807) is 23.3 Å². The predicted molar refractivity (Wildman–Crippen MR) is 160 cm³/mol. The number of para-hydroxylation sites is 2. The van der Waals surface area contributed by atoms with E-state index in [1.165, 1.54) is 11.8 Å². The van der Waals surface area contributed by atoms with Gasteiger partial charge in [0.25, 0.3) is 5.91 Å². The van der Waals surface area contributed by atoms with Gasteiger partial charge in [0.1, 0.15) is 5.69 Å². The molecule has 0 bridgehead atoms. The van der Waals surface area contributed by atoms with Gasteiger partial charge in [0.05, 0.1) is 17.7 Å². The van der Waals surface area contributed by atoms with Gasteiger partial charge in [-0.2, -0.15) is 10.2 Å². The first-order valence-electron chi connectivity index (χ1n) is 12.8. The number of hydrazone groups is 1. The largest absolute Gasteiger partial charge is 0.272 e. The van der Waals surface area contributed by atoms with Gasteiger partial charge in [0.15, 0.2) is 11.0 Å². The highest BCUT2D eigenvalue weighted by molar-refractivity contribution is 7.99. The molecular formula is C31H24N8OS. The summed E-state index contributed by atoms with van der Waals surface area (Å²) in [6.07, 6.45) is 6.94. The van der Waals surface area contributed by atoms with Crippen LogP contribution in [-0.2, 0) is 4.79 Å². The molecule has 6 rings (SSSR count). The Balaban J connectivity index is 1.19.